The second-order valence-electron chi connectivity index (χ2n) is 3.84. The zero-order valence-corrected chi connectivity index (χ0v) is 8.74. The molecule has 76 valence electrons. The highest BCUT2D eigenvalue weighted by atomic mass is 16.4. The van der Waals surface area contributed by atoms with E-state index in [0.717, 1.165) is 21.9 Å². The minimum Gasteiger partial charge on any atom is -0.478 e. The molecule has 2 aromatic rings. The molecule has 0 aliphatic carbocycles. The fraction of sp³-hybridized carbons (Fsp3) is 0.154. The Balaban J connectivity index is 2.86. The van der Waals surface area contributed by atoms with Gasteiger partial charge in [0.05, 0.1) is 5.56 Å². The number of carboxylic acids is 1. The summed E-state index contributed by atoms with van der Waals surface area (Å²) in [7, 11) is 0. The van der Waals surface area contributed by atoms with E-state index in [0.29, 0.717) is 5.56 Å². The van der Waals surface area contributed by atoms with Crippen LogP contribution in [0.15, 0.2) is 30.3 Å². The van der Waals surface area contributed by atoms with Gasteiger partial charge in [0.2, 0.25) is 0 Å². The number of hydrogen-bond donors (Lipinski definition) is 1. The molecule has 0 heterocycles. The molecule has 2 heteroatoms. The lowest BCUT2D eigenvalue weighted by atomic mass is 10.00. The molecule has 0 aliphatic heterocycles. The average Bonchev–Trinajstić information content (AvgIpc) is 2.15. The third kappa shape index (κ3) is 1.71. The molecule has 0 aliphatic rings. The van der Waals surface area contributed by atoms with Crippen molar-refractivity contribution in [3.05, 3.63) is 47.0 Å². The fourth-order valence-corrected chi connectivity index (χ4v) is 1.82. The molecule has 0 unspecified atom stereocenters. The van der Waals surface area contributed by atoms with Crippen LogP contribution in [-0.4, -0.2) is 11.1 Å². The van der Waals surface area contributed by atoms with Crippen LogP contribution in [0.25, 0.3) is 10.8 Å². The molecule has 0 spiro atoms. The maximum absolute atomic E-state index is 11.1. The highest BCUT2D eigenvalue weighted by Gasteiger charge is 2.08. The minimum atomic E-state index is -0.868. The van der Waals surface area contributed by atoms with Crippen LogP contribution in [-0.2, 0) is 0 Å². The van der Waals surface area contributed by atoms with Gasteiger partial charge < -0.3 is 5.11 Å². The molecular formula is C13H12O2. The number of carbonyl (C=O) groups is 1. The van der Waals surface area contributed by atoms with Crippen molar-refractivity contribution in [2.45, 2.75) is 13.8 Å². The highest BCUT2D eigenvalue weighted by molar-refractivity contribution is 6.04. The number of benzene rings is 2. The molecule has 2 rings (SSSR count). The zero-order chi connectivity index (χ0) is 11.0. The van der Waals surface area contributed by atoms with Crippen LogP contribution in [0.5, 0.6) is 0 Å². The molecule has 0 radical (unpaired) electrons. The molecule has 1 N–H and O–H groups in total. The molecule has 0 atom stereocenters. The van der Waals surface area contributed by atoms with Crippen molar-refractivity contribution >= 4 is 16.7 Å². The second-order valence-corrected chi connectivity index (χ2v) is 3.84. The first-order valence-electron chi connectivity index (χ1n) is 4.82. The quantitative estimate of drug-likeness (QED) is 0.767. The van der Waals surface area contributed by atoms with Crippen LogP contribution >= 0.6 is 0 Å². The first-order valence-corrected chi connectivity index (χ1v) is 4.82. The number of fused-ring (bicyclic) bond motifs is 1. The van der Waals surface area contributed by atoms with Crippen LogP contribution in [0.4, 0.5) is 0 Å². The summed E-state index contributed by atoms with van der Waals surface area (Å²) in [5.74, 6) is -0.868. The van der Waals surface area contributed by atoms with Gasteiger partial charge in [-0.3, -0.25) is 0 Å². The Bertz CT molecular complexity index is 536. The Labute approximate surface area is 88.2 Å². The minimum absolute atomic E-state index is 0.380. The number of hydrogen-bond acceptors (Lipinski definition) is 1. The lowest BCUT2D eigenvalue weighted by Gasteiger charge is -2.05. The Morgan fingerprint density at radius 1 is 1.07 bits per heavy atom. The van der Waals surface area contributed by atoms with E-state index in [2.05, 4.69) is 0 Å². The van der Waals surface area contributed by atoms with Gasteiger partial charge >= 0.3 is 5.97 Å². The third-order valence-corrected chi connectivity index (χ3v) is 2.48. The van der Waals surface area contributed by atoms with E-state index in [1.54, 1.807) is 6.07 Å². The smallest absolute Gasteiger partial charge is 0.336 e. The van der Waals surface area contributed by atoms with E-state index in [1.807, 2.05) is 38.1 Å². The maximum atomic E-state index is 11.1. The average molecular weight is 200 g/mol. The Kier molecular flexibility index (Phi) is 2.19. The monoisotopic (exact) mass is 200 g/mol. The Hall–Kier alpha value is -1.83. The van der Waals surface area contributed by atoms with Crippen LogP contribution < -0.4 is 0 Å². The lowest BCUT2D eigenvalue weighted by molar-refractivity contribution is 0.0699. The summed E-state index contributed by atoms with van der Waals surface area (Å²) >= 11 is 0. The molecule has 0 aromatic heterocycles. The summed E-state index contributed by atoms with van der Waals surface area (Å²) in [6.07, 6.45) is 0. The standard InChI is InChI=1S/C13H12O2/c1-8-3-4-11-10(5-8)6-9(2)7-12(11)13(14)15/h3-7H,1-2H3,(H,14,15). The summed E-state index contributed by atoms with van der Waals surface area (Å²) in [6.45, 7) is 3.91. The number of rotatable bonds is 1. The Morgan fingerprint density at radius 2 is 1.73 bits per heavy atom. The van der Waals surface area contributed by atoms with Gasteiger partial charge in [0.15, 0.2) is 0 Å². The van der Waals surface area contributed by atoms with Crippen molar-refractivity contribution in [2.75, 3.05) is 0 Å². The van der Waals surface area contributed by atoms with Gasteiger partial charge in [-0.05, 0) is 36.2 Å². The van der Waals surface area contributed by atoms with Gasteiger partial charge in [-0.15, -0.1) is 0 Å². The van der Waals surface area contributed by atoms with Crippen molar-refractivity contribution in [2.24, 2.45) is 0 Å². The van der Waals surface area contributed by atoms with Crippen LogP contribution in [0.1, 0.15) is 21.5 Å². The molecule has 0 saturated heterocycles. The predicted octanol–water partition coefficient (Wildman–Crippen LogP) is 3.15. The van der Waals surface area contributed by atoms with Crippen LogP contribution in [0.2, 0.25) is 0 Å². The summed E-state index contributed by atoms with van der Waals surface area (Å²) in [5.41, 5.74) is 2.50. The first kappa shape index (κ1) is 9.71. The van der Waals surface area contributed by atoms with Gasteiger partial charge in [0.25, 0.3) is 0 Å². The highest BCUT2D eigenvalue weighted by Crippen LogP contribution is 2.22. The largest absolute Gasteiger partial charge is 0.478 e. The lowest BCUT2D eigenvalue weighted by Crippen LogP contribution is -1.98. The van der Waals surface area contributed by atoms with E-state index in [1.165, 1.54) is 0 Å². The van der Waals surface area contributed by atoms with Crippen LogP contribution in [0, 0.1) is 13.8 Å². The number of aromatic carboxylic acids is 1. The zero-order valence-electron chi connectivity index (χ0n) is 8.74. The van der Waals surface area contributed by atoms with E-state index in [9.17, 15) is 4.79 Å². The molecule has 2 aromatic carbocycles. The van der Waals surface area contributed by atoms with Crippen molar-refractivity contribution in [3.63, 3.8) is 0 Å². The van der Waals surface area contributed by atoms with Gasteiger partial charge in [0, 0.05) is 0 Å². The number of carboxylic acid groups (broad SMARTS) is 1. The molecule has 0 saturated carbocycles. The summed E-state index contributed by atoms with van der Waals surface area (Å²) < 4.78 is 0. The van der Waals surface area contributed by atoms with Crippen molar-refractivity contribution in [1.29, 1.82) is 0 Å². The molecule has 2 nitrogen and oxygen atoms in total. The molecular weight excluding hydrogens is 188 g/mol. The number of aryl methyl sites for hydroxylation is 2. The van der Waals surface area contributed by atoms with Crippen molar-refractivity contribution < 1.29 is 9.90 Å². The predicted molar refractivity (Wildman–Crippen MR) is 60.4 cm³/mol. The summed E-state index contributed by atoms with van der Waals surface area (Å²) in [4.78, 5) is 11.1. The molecule has 0 amide bonds. The topological polar surface area (TPSA) is 37.3 Å². The van der Waals surface area contributed by atoms with Crippen molar-refractivity contribution in [1.82, 2.24) is 0 Å². The van der Waals surface area contributed by atoms with Gasteiger partial charge in [-0.2, -0.15) is 0 Å². The SMILES string of the molecule is Cc1ccc2c(C(=O)O)cc(C)cc2c1. The second kappa shape index (κ2) is 3.39. The van der Waals surface area contributed by atoms with Crippen molar-refractivity contribution in [3.8, 4) is 0 Å². The maximum Gasteiger partial charge on any atom is 0.336 e. The Morgan fingerprint density at radius 3 is 2.40 bits per heavy atom. The van der Waals surface area contributed by atoms with E-state index < -0.39 is 5.97 Å². The van der Waals surface area contributed by atoms with Gasteiger partial charge in [-0.1, -0.05) is 29.8 Å². The van der Waals surface area contributed by atoms with E-state index in [-0.39, 0.29) is 0 Å². The molecule has 15 heavy (non-hydrogen) atoms. The van der Waals surface area contributed by atoms with Gasteiger partial charge in [0.1, 0.15) is 0 Å². The van der Waals surface area contributed by atoms with E-state index >= 15 is 0 Å². The van der Waals surface area contributed by atoms with Gasteiger partial charge in [-0.25, -0.2) is 4.79 Å². The fourth-order valence-electron chi connectivity index (χ4n) is 1.82. The normalized spacial score (nSPS) is 10.5. The molecule has 0 fully saturated rings. The summed E-state index contributed by atoms with van der Waals surface area (Å²) in [5, 5.41) is 10.9. The first-order chi connectivity index (χ1) is 7.08. The summed E-state index contributed by atoms with van der Waals surface area (Å²) in [6, 6.07) is 9.53. The van der Waals surface area contributed by atoms with Crippen LogP contribution in [0.3, 0.4) is 0 Å². The third-order valence-electron chi connectivity index (χ3n) is 2.48. The molecule has 0 bridgehead atoms. The van der Waals surface area contributed by atoms with E-state index in [4.69, 9.17) is 5.11 Å².